The highest BCUT2D eigenvalue weighted by molar-refractivity contribution is 7.91. The van der Waals surface area contributed by atoms with E-state index >= 15 is 0 Å². The molecule has 12 heteroatoms. The predicted molar refractivity (Wildman–Crippen MR) is 143 cm³/mol. The number of ether oxygens (including phenoxy) is 2. The van der Waals surface area contributed by atoms with Gasteiger partial charge >= 0.3 is 5.97 Å². The first-order valence-electron chi connectivity index (χ1n) is 12.1. The number of sulfone groups is 1. The van der Waals surface area contributed by atoms with Gasteiger partial charge in [0.2, 0.25) is 11.4 Å². The van der Waals surface area contributed by atoms with Crippen LogP contribution in [0.4, 0.5) is 5.69 Å². The Kier molecular flexibility index (Phi) is 8.50. The van der Waals surface area contributed by atoms with Crippen molar-refractivity contribution in [3.8, 4) is 5.75 Å². The van der Waals surface area contributed by atoms with Crippen LogP contribution in [0.25, 0.3) is 10.4 Å². The quantitative estimate of drug-likeness (QED) is 0.144. The van der Waals surface area contributed by atoms with Gasteiger partial charge in [-0.3, -0.25) is 0 Å². The van der Waals surface area contributed by atoms with Crippen molar-refractivity contribution in [2.75, 3.05) is 19.0 Å². The third kappa shape index (κ3) is 6.04. The topological polar surface area (TPSA) is 171 Å². The lowest BCUT2D eigenvalue weighted by atomic mass is 9.85. The molecule has 0 spiro atoms. The molecular weight excluding hydrogens is 524 g/mol. The summed E-state index contributed by atoms with van der Waals surface area (Å²) in [6, 6.07) is 20.7. The monoisotopic (exact) mass is 550 g/mol. The molecule has 3 aromatic carbocycles. The molecule has 39 heavy (non-hydrogen) atoms. The van der Waals surface area contributed by atoms with E-state index in [0.29, 0.717) is 24.3 Å². The number of aliphatic hydroxyl groups is 1. The number of hydrogen-bond donors (Lipinski definition) is 2. The molecule has 0 saturated carbocycles. The molecule has 2 atom stereocenters. The minimum absolute atomic E-state index is 0.00129. The van der Waals surface area contributed by atoms with Gasteiger partial charge in [-0.2, -0.15) is 0 Å². The molecule has 4 rings (SSSR count). The summed E-state index contributed by atoms with van der Waals surface area (Å²) in [5, 5.41) is 23.1. The summed E-state index contributed by atoms with van der Waals surface area (Å²) in [4.78, 5) is 20.3. The summed E-state index contributed by atoms with van der Waals surface area (Å²) < 4.78 is 37.8. The zero-order valence-electron chi connectivity index (χ0n) is 20.8. The molecular formula is C27H26N4O7S. The summed E-state index contributed by atoms with van der Waals surface area (Å²) >= 11 is 0. The van der Waals surface area contributed by atoms with Crippen LogP contribution < -0.4 is 4.74 Å². The molecule has 2 N–H and O–H groups in total. The van der Waals surface area contributed by atoms with Crippen LogP contribution in [0, 0.1) is 0 Å². The molecule has 3 aromatic rings. The van der Waals surface area contributed by atoms with E-state index in [4.69, 9.17) is 20.1 Å². The Labute approximate surface area is 224 Å². The van der Waals surface area contributed by atoms with Gasteiger partial charge in [0.1, 0.15) is 5.75 Å². The zero-order valence-corrected chi connectivity index (χ0v) is 21.6. The van der Waals surface area contributed by atoms with Crippen LogP contribution in [-0.4, -0.2) is 55.0 Å². The van der Waals surface area contributed by atoms with Crippen molar-refractivity contribution in [1.29, 1.82) is 0 Å². The Balaban J connectivity index is 1.75. The molecule has 11 nitrogen and oxygen atoms in total. The second-order valence-corrected chi connectivity index (χ2v) is 10.8. The van der Waals surface area contributed by atoms with Gasteiger partial charge in [0.25, 0.3) is 0 Å². The predicted octanol–water partition coefficient (Wildman–Crippen LogP) is 4.60. The van der Waals surface area contributed by atoms with Gasteiger partial charge in [0.15, 0.2) is 15.9 Å². The molecule has 202 valence electrons. The molecule has 0 fully saturated rings. The summed E-state index contributed by atoms with van der Waals surface area (Å²) in [6.45, 7) is 0.322. The van der Waals surface area contributed by atoms with Crippen molar-refractivity contribution < 1.29 is 32.9 Å². The standard InChI is InChI=1S/C27H26N4O7S/c28-31-30-23-10-5-4-9-22(23)24-27(26(33)34,15-18-39(35,36)21-7-2-1-3-8-21)29-25(38-24)19-11-13-20(14-12-19)37-17-6-16-32/h1-5,7-14,24,32H,6,15-18H2,(H,33,34)/t24-,27-/m1/s1. The van der Waals surface area contributed by atoms with Crippen molar-refractivity contribution in [3.63, 3.8) is 0 Å². The van der Waals surface area contributed by atoms with Crippen LogP contribution in [0.5, 0.6) is 5.75 Å². The van der Waals surface area contributed by atoms with Gasteiger partial charge in [-0.05, 0) is 41.9 Å². The molecule has 0 aliphatic carbocycles. The van der Waals surface area contributed by atoms with Gasteiger partial charge in [0.05, 0.1) is 17.3 Å². The first-order chi connectivity index (χ1) is 18.8. The van der Waals surface area contributed by atoms with Gasteiger partial charge < -0.3 is 19.7 Å². The summed E-state index contributed by atoms with van der Waals surface area (Å²) in [5.41, 5.74) is 7.88. The fourth-order valence-corrected chi connectivity index (χ4v) is 5.60. The second kappa shape index (κ2) is 12.0. The highest BCUT2D eigenvalue weighted by atomic mass is 32.2. The fourth-order valence-electron chi connectivity index (χ4n) is 4.21. The maximum Gasteiger partial charge on any atom is 0.336 e. The third-order valence-electron chi connectivity index (χ3n) is 6.23. The normalized spacial score (nSPS) is 18.5. The van der Waals surface area contributed by atoms with Gasteiger partial charge in [0, 0.05) is 41.2 Å². The van der Waals surface area contributed by atoms with E-state index in [2.05, 4.69) is 15.0 Å². The third-order valence-corrected chi connectivity index (χ3v) is 7.96. The molecule has 0 aromatic heterocycles. The molecule has 1 aliphatic heterocycles. The lowest BCUT2D eigenvalue weighted by Gasteiger charge is -2.28. The molecule has 0 unspecified atom stereocenters. The Morgan fingerprint density at radius 1 is 1.08 bits per heavy atom. The minimum atomic E-state index is -3.85. The number of aliphatic imine (C=N–C) groups is 1. The number of carbonyl (C=O) groups is 1. The van der Waals surface area contributed by atoms with Gasteiger partial charge in [-0.25, -0.2) is 18.2 Å². The highest BCUT2D eigenvalue weighted by Crippen LogP contribution is 2.45. The largest absolute Gasteiger partial charge is 0.494 e. The van der Waals surface area contributed by atoms with Crippen molar-refractivity contribution in [1.82, 2.24) is 0 Å². The summed E-state index contributed by atoms with van der Waals surface area (Å²) in [5.74, 6) is -1.36. The number of carboxylic acid groups (broad SMARTS) is 1. The lowest BCUT2D eigenvalue weighted by molar-refractivity contribution is -0.146. The average Bonchev–Trinajstić information content (AvgIpc) is 3.34. The van der Waals surface area contributed by atoms with Crippen LogP contribution in [0.3, 0.4) is 0 Å². The first kappa shape index (κ1) is 27.6. The lowest BCUT2D eigenvalue weighted by Crippen LogP contribution is -2.42. The van der Waals surface area contributed by atoms with Crippen LogP contribution in [0.15, 0.2) is 93.9 Å². The summed E-state index contributed by atoms with van der Waals surface area (Å²) in [7, 11) is -3.85. The van der Waals surface area contributed by atoms with E-state index in [1.807, 2.05) is 0 Å². The number of hydrogen-bond acceptors (Lipinski definition) is 8. The second-order valence-electron chi connectivity index (χ2n) is 8.72. The Morgan fingerprint density at radius 3 is 2.44 bits per heavy atom. The average molecular weight is 551 g/mol. The maximum atomic E-state index is 13.1. The molecule has 1 aliphatic rings. The van der Waals surface area contributed by atoms with Crippen LogP contribution in [-0.2, 0) is 19.4 Å². The zero-order chi connectivity index (χ0) is 27.9. The smallest absolute Gasteiger partial charge is 0.336 e. The van der Waals surface area contributed by atoms with E-state index in [9.17, 15) is 18.3 Å². The maximum absolute atomic E-state index is 13.1. The number of nitrogens with zero attached hydrogens (tertiary/aromatic N) is 4. The molecule has 0 bridgehead atoms. The number of azide groups is 1. The van der Waals surface area contributed by atoms with Crippen molar-refractivity contribution in [2.24, 2.45) is 10.1 Å². The number of aliphatic carboxylic acids is 1. The molecule has 1 heterocycles. The Morgan fingerprint density at radius 2 is 1.77 bits per heavy atom. The van der Waals surface area contributed by atoms with Crippen LogP contribution >= 0.6 is 0 Å². The number of carboxylic acids is 1. The Bertz CT molecular complexity index is 1500. The van der Waals surface area contributed by atoms with Gasteiger partial charge in [-0.15, -0.1) is 0 Å². The van der Waals surface area contributed by atoms with Crippen LogP contribution in [0.1, 0.15) is 30.1 Å². The van der Waals surface area contributed by atoms with E-state index in [0.717, 1.165) is 0 Å². The highest BCUT2D eigenvalue weighted by Gasteiger charge is 2.54. The number of benzene rings is 3. The minimum Gasteiger partial charge on any atom is -0.494 e. The molecule has 0 radical (unpaired) electrons. The molecule has 0 saturated heterocycles. The van der Waals surface area contributed by atoms with E-state index in [-0.39, 0.29) is 28.7 Å². The Hall–Kier alpha value is -4.38. The fraction of sp³-hybridized carbons (Fsp3) is 0.259. The number of rotatable bonds is 12. The SMILES string of the molecule is [N-]=[N+]=Nc1ccccc1[C@H]1OC(c2ccc(OCCCO)cc2)=N[C@@]1(CCS(=O)(=O)c1ccccc1)C(=O)O. The van der Waals surface area contributed by atoms with Crippen molar-refractivity contribution in [2.45, 2.75) is 29.4 Å². The summed E-state index contributed by atoms with van der Waals surface area (Å²) in [6.07, 6.45) is -1.21. The first-order valence-corrected chi connectivity index (χ1v) is 13.7. The van der Waals surface area contributed by atoms with E-state index < -0.39 is 39.6 Å². The van der Waals surface area contributed by atoms with Gasteiger partial charge in [-0.1, -0.05) is 47.6 Å². The van der Waals surface area contributed by atoms with Crippen LogP contribution in [0.2, 0.25) is 0 Å². The van der Waals surface area contributed by atoms with Crippen molar-refractivity contribution in [3.05, 3.63) is 100 Å². The number of aliphatic hydroxyl groups excluding tert-OH is 1. The molecule has 0 amide bonds. The van der Waals surface area contributed by atoms with E-state index in [1.165, 1.54) is 18.2 Å². The van der Waals surface area contributed by atoms with Crippen molar-refractivity contribution >= 4 is 27.4 Å². The van der Waals surface area contributed by atoms with E-state index in [1.54, 1.807) is 60.7 Å².